The van der Waals surface area contributed by atoms with E-state index in [-0.39, 0.29) is 11.7 Å². The first-order chi connectivity index (χ1) is 14.8. The molecule has 4 aromatic rings. The van der Waals surface area contributed by atoms with E-state index in [1.807, 2.05) is 32.0 Å². The van der Waals surface area contributed by atoms with Crippen LogP contribution >= 0.6 is 11.3 Å². The molecular formula is C22H20FN5O2S. The summed E-state index contributed by atoms with van der Waals surface area (Å²) in [5.74, 6) is -0.825. The van der Waals surface area contributed by atoms with Crippen LogP contribution in [0.15, 0.2) is 30.3 Å². The smallest absolute Gasteiger partial charge is 0.274 e. The van der Waals surface area contributed by atoms with E-state index in [1.165, 1.54) is 17.1 Å². The second-order valence-corrected chi connectivity index (χ2v) is 8.82. The van der Waals surface area contributed by atoms with Gasteiger partial charge in [0.05, 0.1) is 44.7 Å². The van der Waals surface area contributed by atoms with E-state index in [0.29, 0.717) is 29.0 Å². The van der Waals surface area contributed by atoms with Gasteiger partial charge < -0.3 is 10.5 Å². The van der Waals surface area contributed by atoms with Gasteiger partial charge in [0.25, 0.3) is 5.91 Å². The van der Waals surface area contributed by atoms with Crippen molar-refractivity contribution in [1.29, 1.82) is 0 Å². The SMILES string of the molecule is Cc1nc2ccc(NN(C)C(=O)c3cc4c5c(c(N)nc4cc3F)[C@@H](C)OC5)cc2s1. The highest BCUT2D eigenvalue weighted by Gasteiger charge is 2.27. The molecule has 1 aliphatic heterocycles. The largest absolute Gasteiger partial charge is 0.383 e. The summed E-state index contributed by atoms with van der Waals surface area (Å²) < 4.78 is 21.5. The van der Waals surface area contributed by atoms with E-state index in [1.54, 1.807) is 18.4 Å². The Kier molecular flexibility index (Phi) is 4.53. The minimum atomic E-state index is -0.654. The Hall–Kier alpha value is -3.30. The maximum absolute atomic E-state index is 14.8. The Balaban J connectivity index is 1.49. The molecule has 31 heavy (non-hydrogen) atoms. The number of nitrogens with zero attached hydrogens (tertiary/aromatic N) is 3. The fourth-order valence-corrected chi connectivity index (χ4v) is 4.85. The van der Waals surface area contributed by atoms with Crippen LogP contribution in [-0.4, -0.2) is 27.9 Å². The molecule has 0 spiro atoms. The van der Waals surface area contributed by atoms with Crippen molar-refractivity contribution in [3.8, 4) is 0 Å². The van der Waals surface area contributed by atoms with Gasteiger partial charge in [-0.2, -0.15) is 0 Å². The van der Waals surface area contributed by atoms with Gasteiger partial charge in [-0.1, -0.05) is 0 Å². The van der Waals surface area contributed by atoms with Crippen molar-refractivity contribution in [1.82, 2.24) is 15.0 Å². The van der Waals surface area contributed by atoms with Gasteiger partial charge in [0, 0.05) is 24.1 Å². The maximum Gasteiger partial charge on any atom is 0.274 e. The van der Waals surface area contributed by atoms with E-state index in [4.69, 9.17) is 10.5 Å². The summed E-state index contributed by atoms with van der Waals surface area (Å²) in [6.45, 7) is 4.19. The van der Waals surface area contributed by atoms with Gasteiger partial charge in [-0.3, -0.25) is 15.2 Å². The van der Waals surface area contributed by atoms with E-state index in [9.17, 15) is 9.18 Å². The van der Waals surface area contributed by atoms with Gasteiger partial charge in [-0.05, 0) is 43.7 Å². The van der Waals surface area contributed by atoms with Crippen molar-refractivity contribution < 1.29 is 13.9 Å². The van der Waals surface area contributed by atoms with Crippen LogP contribution in [0.1, 0.15) is 39.5 Å². The Morgan fingerprint density at radius 2 is 2.10 bits per heavy atom. The van der Waals surface area contributed by atoms with Gasteiger partial charge in [-0.25, -0.2) is 14.4 Å². The van der Waals surface area contributed by atoms with Crippen LogP contribution in [0.25, 0.3) is 21.1 Å². The van der Waals surface area contributed by atoms with Crippen LogP contribution in [0.2, 0.25) is 0 Å². The fraction of sp³-hybridized carbons (Fsp3) is 0.227. The molecule has 1 atom stereocenters. The molecule has 2 aromatic carbocycles. The summed E-state index contributed by atoms with van der Waals surface area (Å²) >= 11 is 1.57. The molecule has 0 saturated carbocycles. The van der Waals surface area contributed by atoms with Crippen LogP contribution < -0.4 is 11.2 Å². The molecule has 0 aliphatic carbocycles. The maximum atomic E-state index is 14.8. The number of fused-ring (bicyclic) bond motifs is 4. The number of rotatable bonds is 3. The molecular weight excluding hydrogens is 417 g/mol. The summed E-state index contributed by atoms with van der Waals surface area (Å²) in [6, 6.07) is 8.42. The highest BCUT2D eigenvalue weighted by Crippen LogP contribution is 2.38. The molecule has 1 aliphatic rings. The number of aryl methyl sites for hydroxylation is 1. The first-order valence-electron chi connectivity index (χ1n) is 9.77. The first-order valence-corrected chi connectivity index (χ1v) is 10.6. The molecule has 158 valence electrons. The van der Waals surface area contributed by atoms with Crippen LogP contribution in [0.5, 0.6) is 0 Å². The van der Waals surface area contributed by atoms with Crippen molar-refractivity contribution >= 4 is 49.9 Å². The van der Waals surface area contributed by atoms with E-state index >= 15 is 0 Å². The average molecular weight is 438 g/mol. The summed E-state index contributed by atoms with van der Waals surface area (Å²) in [6.07, 6.45) is -0.189. The minimum Gasteiger partial charge on any atom is -0.383 e. The number of nitrogens with two attached hydrogens (primary N) is 1. The molecule has 2 aromatic heterocycles. The number of carbonyl (C=O) groups is 1. The summed E-state index contributed by atoms with van der Waals surface area (Å²) in [7, 11) is 1.56. The predicted molar refractivity (Wildman–Crippen MR) is 119 cm³/mol. The molecule has 1 amide bonds. The van der Waals surface area contributed by atoms with Crippen molar-refractivity contribution in [2.24, 2.45) is 0 Å². The number of hydrazine groups is 1. The Labute approximate surface area is 181 Å². The number of ether oxygens (including phenoxy) is 1. The van der Waals surface area contributed by atoms with Crippen LogP contribution in [0.4, 0.5) is 15.9 Å². The number of halogens is 1. The molecule has 0 unspecified atom stereocenters. The number of carbonyl (C=O) groups excluding carboxylic acids is 1. The molecule has 0 saturated heterocycles. The molecule has 0 fully saturated rings. The number of pyridine rings is 1. The van der Waals surface area contributed by atoms with Crippen LogP contribution in [-0.2, 0) is 11.3 Å². The number of thiazole rings is 1. The third-order valence-electron chi connectivity index (χ3n) is 5.46. The lowest BCUT2D eigenvalue weighted by molar-refractivity contribution is 0.0800. The third kappa shape index (κ3) is 3.26. The number of hydrogen-bond donors (Lipinski definition) is 2. The molecule has 7 nitrogen and oxygen atoms in total. The zero-order chi connectivity index (χ0) is 21.9. The van der Waals surface area contributed by atoms with E-state index in [2.05, 4.69) is 15.4 Å². The molecule has 3 heterocycles. The third-order valence-corrected chi connectivity index (χ3v) is 6.40. The van der Waals surface area contributed by atoms with Crippen LogP contribution in [0.3, 0.4) is 0 Å². The number of nitrogens with one attached hydrogen (secondary N) is 1. The molecule has 9 heteroatoms. The van der Waals surface area contributed by atoms with E-state index < -0.39 is 11.7 Å². The van der Waals surface area contributed by atoms with Crippen molar-refractivity contribution in [2.45, 2.75) is 26.6 Å². The Bertz CT molecular complexity index is 1370. The molecule has 5 rings (SSSR count). The monoisotopic (exact) mass is 437 g/mol. The first kappa shape index (κ1) is 19.7. The number of amides is 1. The lowest BCUT2D eigenvalue weighted by Crippen LogP contribution is -2.32. The number of benzene rings is 2. The van der Waals surface area contributed by atoms with Crippen molar-refractivity contribution in [2.75, 3.05) is 18.2 Å². The summed E-state index contributed by atoms with van der Waals surface area (Å²) in [4.78, 5) is 21.8. The van der Waals surface area contributed by atoms with Gasteiger partial charge in [-0.15, -0.1) is 11.3 Å². The van der Waals surface area contributed by atoms with E-state index in [0.717, 1.165) is 26.4 Å². The number of nitrogen functional groups attached to an aromatic ring is 1. The second kappa shape index (κ2) is 7.14. The predicted octanol–water partition coefficient (Wildman–Crippen LogP) is 4.56. The average Bonchev–Trinajstić information content (AvgIpc) is 3.29. The van der Waals surface area contributed by atoms with Gasteiger partial charge >= 0.3 is 0 Å². The number of hydrogen-bond acceptors (Lipinski definition) is 7. The van der Waals surface area contributed by atoms with Gasteiger partial charge in [0.15, 0.2) is 0 Å². The Morgan fingerprint density at radius 3 is 2.90 bits per heavy atom. The Morgan fingerprint density at radius 1 is 1.29 bits per heavy atom. The standard InChI is InChI=1S/C22H20FN5O2S/c1-10-20-15(9-30-10)13-7-14(16(23)8-18(13)26-21(20)24)22(29)28(3)27-12-4-5-17-19(6-12)31-11(2)25-17/h4-8,10,27H,9H2,1-3H3,(H2,24,26)/t10-/m1/s1. The lowest BCUT2D eigenvalue weighted by Gasteiger charge is -2.20. The van der Waals surface area contributed by atoms with Crippen molar-refractivity contribution in [3.63, 3.8) is 0 Å². The van der Waals surface area contributed by atoms with Crippen LogP contribution in [0, 0.1) is 12.7 Å². The molecule has 0 bridgehead atoms. The van der Waals surface area contributed by atoms with Gasteiger partial charge in [0.1, 0.15) is 11.6 Å². The highest BCUT2D eigenvalue weighted by molar-refractivity contribution is 7.18. The fourth-order valence-electron chi connectivity index (χ4n) is 3.99. The second-order valence-electron chi connectivity index (χ2n) is 7.58. The molecule has 0 radical (unpaired) electrons. The highest BCUT2D eigenvalue weighted by atomic mass is 32.1. The minimum absolute atomic E-state index is 0.0504. The zero-order valence-corrected chi connectivity index (χ0v) is 18.0. The van der Waals surface area contributed by atoms with Gasteiger partial charge in [0.2, 0.25) is 0 Å². The molecule has 3 N–H and O–H groups in total. The topological polar surface area (TPSA) is 93.4 Å². The normalized spacial score (nSPS) is 15.4. The summed E-state index contributed by atoms with van der Waals surface area (Å²) in [5.41, 5.74) is 12.7. The zero-order valence-electron chi connectivity index (χ0n) is 17.2. The van der Waals surface area contributed by atoms with Crippen molar-refractivity contribution in [3.05, 3.63) is 57.8 Å². The number of anilines is 2. The lowest BCUT2D eigenvalue weighted by atomic mass is 10.00. The number of aromatic nitrogens is 2. The summed E-state index contributed by atoms with van der Waals surface area (Å²) in [5, 5.41) is 2.91. The quantitative estimate of drug-likeness (QED) is 0.456.